The summed E-state index contributed by atoms with van der Waals surface area (Å²) >= 11 is 0. The van der Waals surface area contributed by atoms with E-state index in [-0.39, 0.29) is 5.91 Å². The predicted molar refractivity (Wildman–Crippen MR) is 83.9 cm³/mol. The van der Waals surface area contributed by atoms with Gasteiger partial charge in [0.1, 0.15) is 11.9 Å². The Bertz CT molecular complexity index is 592. The van der Waals surface area contributed by atoms with Gasteiger partial charge in [-0.15, -0.1) is 0 Å². The van der Waals surface area contributed by atoms with Gasteiger partial charge in [-0.1, -0.05) is 43.7 Å². The Morgan fingerprint density at radius 3 is 2.76 bits per heavy atom. The molecular weight excluding hydrogens is 264 g/mol. The molecule has 1 aromatic heterocycles. The Balaban J connectivity index is 2.09. The Morgan fingerprint density at radius 2 is 2.10 bits per heavy atom. The summed E-state index contributed by atoms with van der Waals surface area (Å²) in [6, 6.07) is 10.5. The summed E-state index contributed by atoms with van der Waals surface area (Å²) in [5, 5.41) is 7.27. The van der Waals surface area contributed by atoms with Crippen molar-refractivity contribution < 1.29 is 4.79 Å². The molecule has 0 spiro atoms. The van der Waals surface area contributed by atoms with Crippen LogP contribution in [-0.2, 0) is 11.3 Å². The van der Waals surface area contributed by atoms with Gasteiger partial charge in [0.05, 0.1) is 5.69 Å². The van der Waals surface area contributed by atoms with Crippen molar-refractivity contribution in [3.05, 3.63) is 47.7 Å². The molecule has 3 N–H and O–H groups in total. The fourth-order valence-electron chi connectivity index (χ4n) is 2.14. The Morgan fingerprint density at radius 1 is 1.38 bits per heavy atom. The Labute approximate surface area is 125 Å². The monoisotopic (exact) mass is 286 g/mol. The predicted octanol–water partition coefficient (Wildman–Crippen LogP) is 2.63. The lowest BCUT2D eigenvalue weighted by atomic mass is 10.1. The molecule has 0 fully saturated rings. The fraction of sp³-hybridized carbons (Fsp3) is 0.375. The zero-order chi connectivity index (χ0) is 15.2. The molecular formula is C16H22N4O. The first kappa shape index (κ1) is 15.3. The minimum atomic E-state index is -0.680. The number of rotatable bonds is 6. The summed E-state index contributed by atoms with van der Waals surface area (Å²) in [4.78, 5) is 12.3. The van der Waals surface area contributed by atoms with Crippen LogP contribution in [0.2, 0.25) is 0 Å². The van der Waals surface area contributed by atoms with Crippen LogP contribution in [0.1, 0.15) is 37.1 Å². The highest BCUT2D eigenvalue weighted by Crippen LogP contribution is 2.15. The van der Waals surface area contributed by atoms with Gasteiger partial charge in [0, 0.05) is 12.6 Å². The maximum Gasteiger partial charge on any atom is 0.247 e. The number of hydrogen-bond acceptors (Lipinski definition) is 3. The zero-order valence-corrected chi connectivity index (χ0v) is 12.5. The van der Waals surface area contributed by atoms with Crippen LogP contribution in [-0.4, -0.2) is 15.7 Å². The maximum atomic E-state index is 12.3. The van der Waals surface area contributed by atoms with Crippen LogP contribution in [0.4, 0.5) is 5.82 Å². The molecule has 5 heteroatoms. The molecule has 21 heavy (non-hydrogen) atoms. The minimum absolute atomic E-state index is 0.223. The summed E-state index contributed by atoms with van der Waals surface area (Å²) in [5.74, 6) is 0.483. The molecule has 0 bridgehead atoms. The first-order chi connectivity index (χ1) is 10.1. The average molecular weight is 286 g/mol. The highest BCUT2D eigenvalue weighted by Gasteiger charge is 2.17. The first-order valence-corrected chi connectivity index (χ1v) is 7.27. The number of aryl methyl sites for hydroxylation is 2. The van der Waals surface area contributed by atoms with Crippen LogP contribution in [0.3, 0.4) is 0 Å². The number of hydrogen-bond donors (Lipinski definition) is 2. The standard InChI is InChI=1S/C16H22N4O/c1-3-4-10-20-14(11-12(2)19-20)18-16(21)15(17)13-8-6-5-7-9-13/h5-9,11,15H,3-4,10,17H2,1-2H3,(H,18,21)/t15-/m0/s1. The molecule has 2 aromatic rings. The van der Waals surface area contributed by atoms with Crippen LogP contribution in [0.5, 0.6) is 0 Å². The number of nitrogens with one attached hydrogen (secondary N) is 1. The van der Waals surface area contributed by atoms with Gasteiger partial charge in [-0.25, -0.2) is 4.68 Å². The van der Waals surface area contributed by atoms with Gasteiger partial charge in [-0.2, -0.15) is 5.10 Å². The van der Waals surface area contributed by atoms with Crippen molar-refractivity contribution in [1.82, 2.24) is 9.78 Å². The second-order valence-corrected chi connectivity index (χ2v) is 5.13. The van der Waals surface area contributed by atoms with E-state index >= 15 is 0 Å². The lowest BCUT2D eigenvalue weighted by Crippen LogP contribution is -2.28. The van der Waals surface area contributed by atoms with E-state index in [2.05, 4.69) is 17.3 Å². The van der Waals surface area contributed by atoms with Gasteiger partial charge in [-0.3, -0.25) is 4.79 Å². The van der Waals surface area contributed by atoms with Gasteiger partial charge in [-0.05, 0) is 18.9 Å². The van der Waals surface area contributed by atoms with Gasteiger partial charge >= 0.3 is 0 Å². The van der Waals surface area contributed by atoms with Crippen molar-refractivity contribution in [2.45, 2.75) is 39.3 Å². The summed E-state index contributed by atoms with van der Waals surface area (Å²) in [5.41, 5.74) is 7.68. The molecule has 0 saturated carbocycles. The van der Waals surface area contributed by atoms with Gasteiger partial charge in [0.15, 0.2) is 0 Å². The van der Waals surface area contributed by atoms with Gasteiger partial charge < -0.3 is 11.1 Å². The summed E-state index contributed by atoms with van der Waals surface area (Å²) in [6.45, 7) is 4.83. The molecule has 1 aromatic carbocycles. The molecule has 1 amide bonds. The van der Waals surface area contributed by atoms with E-state index in [0.29, 0.717) is 5.82 Å². The first-order valence-electron chi connectivity index (χ1n) is 7.27. The van der Waals surface area contributed by atoms with Crippen LogP contribution < -0.4 is 11.1 Å². The minimum Gasteiger partial charge on any atom is -0.316 e. The quantitative estimate of drug-likeness (QED) is 0.857. The molecule has 1 heterocycles. The molecule has 5 nitrogen and oxygen atoms in total. The van der Waals surface area contributed by atoms with Crippen molar-refractivity contribution in [2.24, 2.45) is 5.73 Å². The van der Waals surface area contributed by atoms with Crippen LogP contribution in [0, 0.1) is 6.92 Å². The number of nitrogens with zero attached hydrogens (tertiary/aromatic N) is 2. The topological polar surface area (TPSA) is 72.9 Å². The van der Waals surface area contributed by atoms with E-state index < -0.39 is 6.04 Å². The number of benzene rings is 1. The lowest BCUT2D eigenvalue weighted by molar-refractivity contribution is -0.117. The highest BCUT2D eigenvalue weighted by molar-refractivity contribution is 5.94. The second kappa shape index (κ2) is 7.04. The van der Waals surface area contributed by atoms with Crippen molar-refractivity contribution in [3.8, 4) is 0 Å². The third-order valence-electron chi connectivity index (χ3n) is 3.32. The Kier molecular flexibility index (Phi) is 5.11. The van der Waals surface area contributed by atoms with Gasteiger partial charge in [0.25, 0.3) is 0 Å². The zero-order valence-electron chi connectivity index (χ0n) is 12.5. The summed E-state index contributed by atoms with van der Waals surface area (Å²) in [7, 11) is 0. The highest BCUT2D eigenvalue weighted by atomic mass is 16.2. The molecule has 0 aliphatic rings. The number of nitrogens with two attached hydrogens (primary N) is 1. The number of carbonyl (C=O) groups excluding carboxylic acids is 1. The maximum absolute atomic E-state index is 12.3. The van der Waals surface area contributed by atoms with E-state index in [1.807, 2.05) is 48.0 Å². The van der Waals surface area contributed by atoms with Crippen molar-refractivity contribution >= 4 is 11.7 Å². The molecule has 0 unspecified atom stereocenters. The average Bonchev–Trinajstić information content (AvgIpc) is 2.84. The lowest BCUT2D eigenvalue weighted by Gasteiger charge is -2.13. The largest absolute Gasteiger partial charge is 0.316 e. The second-order valence-electron chi connectivity index (χ2n) is 5.13. The van der Waals surface area contributed by atoms with Crippen LogP contribution in [0.15, 0.2) is 36.4 Å². The number of unbranched alkanes of at least 4 members (excludes halogenated alkanes) is 1. The molecule has 0 saturated heterocycles. The summed E-state index contributed by atoms with van der Waals surface area (Å²) in [6.07, 6.45) is 2.10. The molecule has 0 radical (unpaired) electrons. The smallest absolute Gasteiger partial charge is 0.247 e. The van der Waals surface area contributed by atoms with Crippen molar-refractivity contribution in [3.63, 3.8) is 0 Å². The normalized spacial score (nSPS) is 12.1. The number of aromatic nitrogens is 2. The third-order valence-corrected chi connectivity index (χ3v) is 3.32. The third kappa shape index (κ3) is 3.92. The summed E-state index contributed by atoms with van der Waals surface area (Å²) < 4.78 is 1.83. The van der Waals surface area contributed by atoms with E-state index in [1.54, 1.807) is 0 Å². The van der Waals surface area contributed by atoms with Crippen LogP contribution in [0.25, 0.3) is 0 Å². The molecule has 1 atom stereocenters. The molecule has 112 valence electrons. The Hall–Kier alpha value is -2.14. The molecule has 0 aliphatic carbocycles. The van der Waals surface area contributed by atoms with Crippen molar-refractivity contribution in [2.75, 3.05) is 5.32 Å². The van der Waals surface area contributed by atoms with Gasteiger partial charge in [0.2, 0.25) is 5.91 Å². The SMILES string of the molecule is CCCCn1nc(C)cc1NC(=O)[C@@H](N)c1ccccc1. The number of anilines is 1. The molecule has 2 rings (SSSR count). The van der Waals surface area contributed by atoms with E-state index in [4.69, 9.17) is 5.73 Å². The fourth-order valence-corrected chi connectivity index (χ4v) is 2.14. The van der Waals surface area contributed by atoms with Crippen LogP contribution >= 0.6 is 0 Å². The van der Waals surface area contributed by atoms with E-state index in [9.17, 15) is 4.79 Å². The number of amides is 1. The number of carbonyl (C=O) groups is 1. The van der Waals surface area contributed by atoms with E-state index in [0.717, 1.165) is 30.6 Å². The van der Waals surface area contributed by atoms with E-state index in [1.165, 1.54) is 0 Å². The molecule has 0 aliphatic heterocycles. The van der Waals surface area contributed by atoms with Crippen molar-refractivity contribution in [1.29, 1.82) is 0 Å².